The van der Waals surface area contributed by atoms with E-state index in [1.165, 1.54) is 5.56 Å². The molecule has 2 aromatic carbocycles. The van der Waals surface area contributed by atoms with E-state index in [2.05, 4.69) is 50.7 Å². The van der Waals surface area contributed by atoms with Crippen LogP contribution >= 0.6 is 0 Å². The highest BCUT2D eigenvalue weighted by Crippen LogP contribution is 2.29. The first-order valence-corrected chi connectivity index (χ1v) is 10.1. The Bertz CT molecular complexity index is 939. The van der Waals surface area contributed by atoms with Crippen LogP contribution in [-0.2, 0) is 6.42 Å². The van der Waals surface area contributed by atoms with Crippen LogP contribution in [0.3, 0.4) is 0 Å². The lowest BCUT2D eigenvalue weighted by Gasteiger charge is -2.31. The van der Waals surface area contributed by atoms with Crippen LogP contribution in [0.25, 0.3) is 0 Å². The number of nitrogens with zero attached hydrogens (tertiary/aromatic N) is 4. The van der Waals surface area contributed by atoms with Crippen LogP contribution in [-0.4, -0.2) is 35.4 Å². The molecule has 0 bridgehead atoms. The van der Waals surface area contributed by atoms with E-state index in [-0.39, 0.29) is 0 Å². The number of ether oxygens (including phenoxy) is 1. The molecule has 1 aliphatic rings. The Morgan fingerprint density at radius 1 is 1.10 bits per heavy atom. The summed E-state index contributed by atoms with van der Waals surface area (Å²) < 4.78 is 5.44. The number of piperidine rings is 1. The number of benzene rings is 2. The maximum Gasteiger partial charge on any atom is 0.247 e. The Labute approximate surface area is 172 Å². The molecule has 29 heavy (non-hydrogen) atoms. The summed E-state index contributed by atoms with van der Waals surface area (Å²) in [4.78, 5) is 6.92. The lowest BCUT2D eigenvalue weighted by Crippen LogP contribution is -2.35. The summed E-state index contributed by atoms with van der Waals surface area (Å²) in [7, 11) is 1.67. The molecular formula is C23H27N5O. The number of nitrogens with one attached hydrogen (secondary N) is 1. The minimum absolute atomic E-state index is 0.672. The molecule has 0 atom stereocenters. The van der Waals surface area contributed by atoms with E-state index in [9.17, 15) is 0 Å². The van der Waals surface area contributed by atoms with Crippen molar-refractivity contribution in [2.75, 3.05) is 30.4 Å². The van der Waals surface area contributed by atoms with Gasteiger partial charge < -0.3 is 15.0 Å². The minimum atomic E-state index is 0.672. The van der Waals surface area contributed by atoms with Crippen LogP contribution in [0, 0.1) is 12.8 Å². The molecule has 6 nitrogen and oxygen atoms in total. The van der Waals surface area contributed by atoms with Gasteiger partial charge in [0.25, 0.3) is 0 Å². The number of aromatic nitrogens is 3. The first kappa shape index (κ1) is 19.2. The summed E-state index contributed by atoms with van der Waals surface area (Å²) >= 11 is 0. The first-order valence-electron chi connectivity index (χ1n) is 10.1. The molecule has 2 heterocycles. The largest absolute Gasteiger partial charge is 0.495 e. The van der Waals surface area contributed by atoms with E-state index in [4.69, 9.17) is 9.72 Å². The van der Waals surface area contributed by atoms with Crippen LogP contribution in [0.15, 0.2) is 54.7 Å². The lowest BCUT2D eigenvalue weighted by atomic mass is 9.90. The van der Waals surface area contributed by atoms with Gasteiger partial charge in [-0.05, 0) is 55.4 Å². The molecule has 1 saturated heterocycles. The molecule has 1 N–H and O–H groups in total. The van der Waals surface area contributed by atoms with Crippen molar-refractivity contribution in [3.8, 4) is 5.75 Å². The van der Waals surface area contributed by atoms with Gasteiger partial charge in [0.15, 0.2) is 5.82 Å². The van der Waals surface area contributed by atoms with Crippen LogP contribution in [0.5, 0.6) is 5.75 Å². The SMILES string of the molecule is COc1ccc(C)cc1Nc1cnnc(N2CCC(Cc3ccccc3)CC2)n1. The van der Waals surface area contributed by atoms with Gasteiger partial charge in [-0.25, -0.2) is 0 Å². The summed E-state index contributed by atoms with van der Waals surface area (Å²) in [5.74, 6) is 2.84. The number of hydrogen-bond donors (Lipinski definition) is 1. The van der Waals surface area contributed by atoms with E-state index in [1.54, 1.807) is 13.3 Å². The lowest BCUT2D eigenvalue weighted by molar-refractivity contribution is 0.400. The van der Waals surface area contributed by atoms with Gasteiger partial charge in [0.1, 0.15) is 5.75 Å². The second kappa shape index (κ2) is 8.90. The quantitative estimate of drug-likeness (QED) is 0.675. The van der Waals surface area contributed by atoms with Crippen LogP contribution in [0.4, 0.5) is 17.5 Å². The van der Waals surface area contributed by atoms with Gasteiger partial charge in [-0.15, -0.1) is 5.10 Å². The van der Waals surface area contributed by atoms with Crippen molar-refractivity contribution in [3.05, 3.63) is 65.9 Å². The third-order valence-corrected chi connectivity index (χ3v) is 5.43. The Balaban J connectivity index is 1.40. The van der Waals surface area contributed by atoms with Crippen molar-refractivity contribution < 1.29 is 4.74 Å². The van der Waals surface area contributed by atoms with Crippen molar-refractivity contribution in [2.45, 2.75) is 26.2 Å². The Kier molecular flexibility index (Phi) is 5.89. The van der Waals surface area contributed by atoms with Crippen LogP contribution < -0.4 is 15.0 Å². The second-order valence-corrected chi connectivity index (χ2v) is 7.59. The predicted molar refractivity (Wildman–Crippen MR) is 116 cm³/mol. The molecule has 0 spiro atoms. The van der Waals surface area contributed by atoms with Crippen molar-refractivity contribution >= 4 is 17.5 Å². The average molecular weight is 390 g/mol. The van der Waals surface area contributed by atoms with Crippen molar-refractivity contribution in [1.82, 2.24) is 15.2 Å². The normalized spacial score (nSPS) is 14.6. The van der Waals surface area contributed by atoms with Gasteiger partial charge >= 0.3 is 0 Å². The highest BCUT2D eigenvalue weighted by Gasteiger charge is 2.22. The van der Waals surface area contributed by atoms with E-state index in [0.717, 1.165) is 49.4 Å². The third kappa shape index (κ3) is 4.83. The summed E-state index contributed by atoms with van der Waals surface area (Å²) in [6.07, 6.45) is 5.07. The molecule has 1 aromatic heterocycles. The molecule has 1 aliphatic heterocycles. The number of anilines is 3. The number of aryl methyl sites for hydroxylation is 1. The summed E-state index contributed by atoms with van der Waals surface area (Å²) in [5.41, 5.74) is 3.44. The molecule has 0 radical (unpaired) electrons. The zero-order chi connectivity index (χ0) is 20.1. The first-order chi connectivity index (χ1) is 14.2. The molecule has 0 amide bonds. The van der Waals surface area contributed by atoms with Gasteiger partial charge in [-0.1, -0.05) is 36.4 Å². The maximum atomic E-state index is 5.44. The summed E-state index contributed by atoms with van der Waals surface area (Å²) in [5, 5.41) is 11.8. The third-order valence-electron chi connectivity index (χ3n) is 5.43. The molecule has 0 saturated carbocycles. The van der Waals surface area contributed by atoms with Crippen molar-refractivity contribution in [3.63, 3.8) is 0 Å². The molecule has 150 valence electrons. The summed E-state index contributed by atoms with van der Waals surface area (Å²) in [6.45, 7) is 3.96. The standard InChI is InChI=1S/C23H27N5O/c1-17-8-9-21(29-2)20(14-17)25-22-16-24-27-23(26-22)28-12-10-19(11-13-28)15-18-6-4-3-5-7-18/h3-9,14,16,19H,10-13,15H2,1-2H3,(H,25,26,27). The van der Waals surface area contributed by atoms with Crippen molar-refractivity contribution in [1.29, 1.82) is 0 Å². The topological polar surface area (TPSA) is 63.2 Å². The summed E-state index contributed by atoms with van der Waals surface area (Å²) in [6, 6.07) is 16.7. The fourth-order valence-electron chi connectivity index (χ4n) is 3.83. The highest BCUT2D eigenvalue weighted by atomic mass is 16.5. The number of hydrogen-bond acceptors (Lipinski definition) is 6. The molecule has 6 heteroatoms. The van der Waals surface area contributed by atoms with Gasteiger partial charge in [-0.3, -0.25) is 0 Å². The zero-order valence-electron chi connectivity index (χ0n) is 17.0. The predicted octanol–water partition coefficient (Wildman–Crippen LogP) is 4.39. The molecule has 1 fully saturated rings. The molecular weight excluding hydrogens is 362 g/mol. The smallest absolute Gasteiger partial charge is 0.247 e. The minimum Gasteiger partial charge on any atom is -0.495 e. The number of methoxy groups -OCH3 is 1. The van der Waals surface area contributed by atoms with Gasteiger partial charge in [-0.2, -0.15) is 10.1 Å². The number of rotatable bonds is 6. The van der Waals surface area contributed by atoms with Crippen LogP contribution in [0.1, 0.15) is 24.0 Å². The monoisotopic (exact) mass is 389 g/mol. The van der Waals surface area contributed by atoms with Gasteiger partial charge in [0.05, 0.1) is 19.0 Å². The van der Waals surface area contributed by atoms with E-state index in [0.29, 0.717) is 17.7 Å². The Morgan fingerprint density at radius 3 is 2.66 bits per heavy atom. The molecule has 4 rings (SSSR count). The fraction of sp³-hybridized carbons (Fsp3) is 0.348. The zero-order valence-corrected chi connectivity index (χ0v) is 17.0. The average Bonchev–Trinajstić information content (AvgIpc) is 2.75. The highest BCUT2D eigenvalue weighted by molar-refractivity contribution is 5.65. The molecule has 0 unspecified atom stereocenters. The second-order valence-electron chi connectivity index (χ2n) is 7.59. The van der Waals surface area contributed by atoms with Crippen molar-refractivity contribution in [2.24, 2.45) is 5.92 Å². The maximum absolute atomic E-state index is 5.44. The van der Waals surface area contributed by atoms with E-state index in [1.807, 2.05) is 25.1 Å². The molecule has 0 aliphatic carbocycles. The Hall–Kier alpha value is -3.15. The van der Waals surface area contributed by atoms with Crippen LogP contribution in [0.2, 0.25) is 0 Å². The Morgan fingerprint density at radius 2 is 1.90 bits per heavy atom. The van der Waals surface area contributed by atoms with E-state index >= 15 is 0 Å². The van der Waals surface area contributed by atoms with E-state index < -0.39 is 0 Å². The van der Waals surface area contributed by atoms with Gasteiger partial charge in [0.2, 0.25) is 5.95 Å². The fourth-order valence-corrected chi connectivity index (χ4v) is 3.83. The van der Waals surface area contributed by atoms with Gasteiger partial charge in [0, 0.05) is 13.1 Å². The molecule has 3 aromatic rings.